The first kappa shape index (κ1) is 28.6. The second-order valence-corrected chi connectivity index (χ2v) is 10.9. The van der Waals surface area contributed by atoms with E-state index in [1.807, 2.05) is 24.3 Å². The average Bonchev–Trinajstić information content (AvgIpc) is 2.85. The number of fused-ring (bicyclic) bond motifs is 2. The van der Waals surface area contributed by atoms with Crippen LogP contribution in [0.1, 0.15) is 118 Å². The molecular formula is C30H42O3Zn. The van der Waals surface area contributed by atoms with Gasteiger partial charge in [-0.1, -0.05) is 56.5 Å². The van der Waals surface area contributed by atoms with Gasteiger partial charge in [0.05, 0.1) is 5.97 Å². The van der Waals surface area contributed by atoms with Crippen LogP contribution in [0, 0.1) is 0 Å². The fourth-order valence-electron chi connectivity index (χ4n) is 4.46. The number of carbonyl (C=O) groups excluding carboxylic acids is 1. The van der Waals surface area contributed by atoms with Crippen LogP contribution in [0.4, 0.5) is 0 Å². The van der Waals surface area contributed by atoms with Gasteiger partial charge in [0.2, 0.25) is 0 Å². The molecule has 0 radical (unpaired) electrons. The summed E-state index contributed by atoms with van der Waals surface area (Å²) in [6, 6.07) is 12.6. The van der Waals surface area contributed by atoms with Gasteiger partial charge in [0, 0.05) is 17.5 Å². The van der Waals surface area contributed by atoms with Crippen molar-refractivity contribution >= 4 is 5.97 Å². The average molecular weight is 516 g/mol. The molecule has 2 aromatic rings. The van der Waals surface area contributed by atoms with Gasteiger partial charge in [-0.05, 0) is 17.7 Å². The molecule has 0 amide bonds. The third-order valence-corrected chi connectivity index (χ3v) is 7.57. The molecule has 0 saturated carbocycles. The van der Waals surface area contributed by atoms with Gasteiger partial charge in [-0.15, -0.1) is 0 Å². The van der Waals surface area contributed by atoms with Crippen molar-refractivity contribution in [3.63, 3.8) is 0 Å². The quantitative estimate of drug-likeness (QED) is 0.151. The first-order chi connectivity index (χ1) is 16.7. The normalized spacial score (nSPS) is 11.6. The van der Waals surface area contributed by atoms with E-state index < -0.39 is 5.97 Å². The third-order valence-electron chi connectivity index (χ3n) is 6.52. The van der Waals surface area contributed by atoms with E-state index in [9.17, 15) is 9.90 Å². The van der Waals surface area contributed by atoms with Gasteiger partial charge < -0.3 is 14.6 Å². The first-order valence-corrected chi connectivity index (χ1v) is 15.7. The SMILES string of the molecule is CCCCCCCCCCCCCCC[CH2][Zn+].O=C([O-])c1cccc2c1Cc1ccccc1O2. The van der Waals surface area contributed by atoms with Crippen LogP contribution in [0.2, 0.25) is 5.02 Å². The minimum absolute atomic E-state index is 0.206. The van der Waals surface area contributed by atoms with E-state index in [4.69, 9.17) is 4.74 Å². The van der Waals surface area contributed by atoms with Gasteiger partial charge in [-0.2, -0.15) is 0 Å². The number of aromatic carboxylic acids is 1. The summed E-state index contributed by atoms with van der Waals surface area (Å²) in [6.07, 6.45) is 21.3. The summed E-state index contributed by atoms with van der Waals surface area (Å²) in [7, 11) is 0. The number of carboxylic acids is 1. The zero-order chi connectivity index (χ0) is 24.4. The monoisotopic (exact) mass is 514 g/mol. The Morgan fingerprint density at radius 3 is 1.85 bits per heavy atom. The maximum atomic E-state index is 11.0. The van der Waals surface area contributed by atoms with Crippen LogP contribution in [-0.2, 0) is 24.7 Å². The molecule has 3 rings (SSSR count). The second-order valence-electron chi connectivity index (χ2n) is 9.41. The zero-order valence-corrected chi connectivity index (χ0v) is 24.3. The Kier molecular flexibility index (Phi) is 14.9. The summed E-state index contributed by atoms with van der Waals surface area (Å²) >= 11 is 1.50. The fraction of sp³-hybridized carbons (Fsp3) is 0.567. The van der Waals surface area contributed by atoms with Crippen LogP contribution in [0.15, 0.2) is 42.5 Å². The Labute approximate surface area is 217 Å². The molecule has 0 aromatic heterocycles. The van der Waals surface area contributed by atoms with E-state index in [2.05, 4.69) is 6.92 Å². The second kappa shape index (κ2) is 17.7. The molecule has 0 saturated heterocycles. The molecule has 34 heavy (non-hydrogen) atoms. The van der Waals surface area contributed by atoms with Gasteiger partial charge in [-0.3, -0.25) is 0 Å². The van der Waals surface area contributed by atoms with Crippen LogP contribution in [0.3, 0.4) is 0 Å². The Morgan fingerprint density at radius 2 is 1.29 bits per heavy atom. The standard InChI is InChI=1S/C16H33.C14H10O3.Zn/c1-3-5-7-9-11-13-15-16-14-12-10-8-6-4-2;15-14(16)10-5-3-7-13-11(10)8-9-4-1-2-6-12(9)17-13;/h1,3-16H2,2H3;1-7H,8H2,(H,15,16);/q;;+1/p-1. The van der Waals surface area contributed by atoms with Crippen molar-refractivity contribution in [2.75, 3.05) is 0 Å². The minimum atomic E-state index is -1.16. The predicted molar refractivity (Wildman–Crippen MR) is 135 cm³/mol. The molecule has 0 atom stereocenters. The Bertz CT molecular complexity index is 820. The van der Waals surface area contributed by atoms with Crippen LogP contribution >= 0.6 is 0 Å². The minimum Gasteiger partial charge on any atom is -0.545 e. The third kappa shape index (κ3) is 10.7. The van der Waals surface area contributed by atoms with E-state index >= 15 is 0 Å². The Hall–Kier alpha value is -1.67. The van der Waals surface area contributed by atoms with Crippen molar-refractivity contribution in [2.24, 2.45) is 0 Å². The molecule has 0 fully saturated rings. The summed E-state index contributed by atoms with van der Waals surface area (Å²) in [5, 5.41) is 12.5. The molecule has 1 aliphatic rings. The molecule has 0 aliphatic carbocycles. The summed E-state index contributed by atoms with van der Waals surface area (Å²) in [6.45, 7) is 2.29. The Balaban J connectivity index is 0.000000240. The van der Waals surface area contributed by atoms with Gasteiger partial charge in [0.25, 0.3) is 0 Å². The number of unbranched alkanes of at least 4 members (excludes halogenated alkanes) is 13. The van der Waals surface area contributed by atoms with Gasteiger partial charge in [-0.25, -0.2) is 0 Å². The fourth-order valence-corrected chi connectivity index (χ4v) is 5.21. The molecule has 1 heterocycles. The van der Waals surface area contributed by atoms with E-state index in [0.717, 1.165) is 11.3 Å². The van der Waals surface area contributed by atoms with Crippen LogP contribution in [0.5, 0.6) is 11.5 Å². The number of hydrogen-bond acceptors (Lipinski definition) is 3. The van der Waals surface area contributed by atoms with Crippen molar-refractivity contribution in [3.05, 3.63) is 59.2 Å². The van der Waals surface area contributed by atoms with Crippen molar-refractivity contribution in [1.82, 2.24) is 0 Å². The van der Waals surface area contributed by atoms with E-state index in [-0.39, 0.29) is 5.56 Å². The van der Waals surface area contributed by atoms with E-state index in [1.165, 1.54) is 113 Å². The largest absolute Gasteiger partial charge is 0.545 e. The molecule has 1 aliphatic heterocycles. The van der Waals surface area contributed by atoms with Crippen molar-refractivity contribution in [1.29, 1.82) is 0 Å². The molecular weight excluding hydrogens is 474 g/mol. The zero-order valence-electron chi connectivity index (χ0n) is 21.3. The van der Waals surface area contributed by atoms with E-state index in [1.54, 1.807) is 18.2 Å². The van der Waals surface area contributed by atoms with Gasteiger partial charge in [0.1, 0.15) is 11.5 Å². The van der Waals surface area contributed by atoms with E-state index in [0.29, 0.717) is 17.7 Å². The number of benzene rings is 2. The maximum Gasteiger partial charge on any atom is 0.131 e. The predicted octanol–water partition coefficient (Wildman–Crippen LogP) is 8.18. The number of rotatable bonds is 15. The summed E-state index contributed by atoms with van der Waals surface area (Å²) < 4.78 is 5.68. The number of carbonyl (C=O) groups is 1. The molecule has 0 bridgehead atoms. The summed E-state index contributed by atoms with van der Waals surface area (Å²) in [5.74, 6) is 0.228. The molecule has 182 valence electrons. The summed E-state index contributed by atoms with van der Waals surface area (Å²) in [5.41, 5.74) is 1.89. The molecule has 4 heteroatoms. The number of para-hydroxylation sites is 1. The van der Waals surface area contributed by atoms with Crippen LogP contribution in [0.25, 0.3) is 0 Å². The molecule has 0 N–H and O–H groups in total. The van der Waals surface area contributed by atoms with Crippen LogP contribution in [-0.4, -0.2) is 5.97 Å². The van der Waals surface area contributed by atoms with Crippen molar-refractivity contribution < 1.29 is 32.9 Å². The molecule has 0 unspecified atom stereocenters. The first-order valence-electron chi connectivity index (χ1n) is 13.6. The van der Waals surface area contributed by atoms with Gasteiger partial charge in [0.15, 0.2) is 0 Å². The smallest absolute Gasteiger partial charge is 0.131 e. The molecule has 2 aromatic carbocycles. The summed E-state index contributed by atoms with van der Waals surface area (Å²) in [4.78, 5) is 11.0. The van der Waals surface area contributed by atoms with Crippen LogP contribution < -0.4 is 9.84 Å². The molecule has 3 nitrogen and oxygen atoms in total. The Morgan fingerprint density at radius 1 is 0.765 bits per heavy atom. The topological polar surface area (TPSA) is 49.4 Å². The van der Waals surface area contributed by atoms with Gasteiger partial charge >= 0.3 is 93.9 Å². The van der Waals surface area contributed by atoms with Crippen molar-refractivity contribution in [2.45, 2.75) is 108 Å². The molecule has 0 spiro atoms. The maximum absolute atomic E-state index is 11.0. The van der Waals surface area contributed by atoms with Crippen molar-refractivity contribution in [3.8, 4) is 11.5 Å². The number of hydrogen-bond donors (Lipinski definition) is 0. The number of ether oxygens (including phenoxy) is 1. The number of carboxylic acid groups (broad SMARTS) is 1.